The maximum atomic E-state index is 10.3. The molecule has 1 heterocycles. The molecule has 0 saturated heterocycles. The summed E-state index contributed by atoms with van der Waals surface area (Å²) in [6.45, 7) is 2.40. The molecule has 2 aromatic carbocycles. The minimum atomic E-state index is 0.165. The summed E-state index contributed by atoms with van der Waals surface area (Å²) >= 11 is 0. The first-order valence-corrected chi connectivity index (χ1v) is 12.8. The average molecular weight is 454 g/mol. The molecule has 0 bridgehead atoms. The second-order valence-electron chi connectivity index (χ2n) is 9.65. The third-order valence-corrected chi connectivity index (χ3v) is 7.21. The summed E-state index contributed by atoms with van der Waals surface area (Å²) in [5.74, 6) is 0.272. The summed E-state index contributed by atoms with van der Waals surface area (Å²) in [5.41, 5.74) is 8.53. The van der Waals surface area contributed by atoms with Crippen LogP contribution in [0.5, 0.6) is 5.75 Å². The lowest BCUT2D eigenvalue weighted by molar-refractivity contribution is 0.289. The van der Waals surface area contributed by atoms with Crippen LogP contribution in [-0.2, 0) is 0 Å². The zero-order valence-electron chi connectivity index (χ0n) is 19.9. The van der Waals surface area contributed by atoms with E-state index in [2.05, 4.69) is 59.5 Å². The molecule has 1 saturated carbocycles. The van der Waals surface area contributed by atoms with E-state index in [1.165, 1.54) is 41.7 Å². The highest BCUT2D eigenvalue weighted by Crippen LogP contribution is 2.37. The summed E-state index contributed by atoms with van der Waals surface area (Å²) < 4.78 is 0. The largest absolute Gasteiger partial charge is 0.508 e. The fraction of sp³-hybridized carbons (Fsp3) is 0.355. The molecule has 176 valence electrons. The Kier molecular flexibility index (Phi) is 7.13. The second-order valence-corrected chi connectivity index (χ2v) is 9.65. The number of aliphatic hydroxyl groups excluding tert-OH is 1. The summed E-state index contributed by atoms with van der Waals surface area (Å²) in [4.78, 5) is 2.61. The molecule has 0 spiro atoms. The Morgan fingerprint density at radius 1 is 0.971 bits per heavy atom. The molecule has 1 fully saturated rings. The van der Waals surface area contributed by atoms with Gasteiger partial charge in [0, 0.05) is 25.7 Å². The lowest BCUT2D eigenvalue weighted by Gasteiger charge is -2.26. The Bertz CT molecular complexity index is 1130. The van der Waals surface area contributed by atoms with Crippen molar-refractivity contribution >= 4 is 11.1 Å². The third-order valence-electron chi connectivity index (χ3n) is 7.21. The second kappa shape index (κ2) is 10.6. The van der Waals surface area contributed by atoms with E-state index in [9.17, 15) is 10.2 Å². The van der Waals surface area contributed by atoms with E-state index >= 15 is 0 Å². The van der Waals surface area contributed by atoms with Gasteiger partial charge in [-0.05, 0) is 96.1 Å². The van der Waals surface area contributed by atoms with Crippen molar-refractivity contribution in [2.75, 3.05) is 19.7 Å². The lowest BCUT2D eigenvalue weighted by atomic mass is 9.85. The van der Waals surface area contributed by atoms with E-state index in [1.807, 2.05) is 12.1 Å². The highest BCUT2D eigenvalue weighted by Gasteiger charge is 2.29. The van der Waals surface area contributed by atoms with Crippen LogP contribution in [0.4, 0.5) is 0 Å². The number of aromatic hydroxyl groups is 1. The molecule has 3 heteroatoms. The van der Waals surface area contributed by atoms with Crippen molar-refractivity contribution in [1.82, 2.24) is 4.90 Å². The molecule has 3 nitrogen and oxygen atoms in total. The van der Waals surface area contributed by atoms with Crippen molar-refractivity contribution < 1.29 is 10.2 Å². The third kappa shape index (κ3) is 5.27. The smallest absolute Gasteiger partial charge is 0.116 e. The first-order valence-electron chi connectivity index (χ1n) is 12.8. The van der Waals surface area contributed by atoms with Crippen LogP contribution in [0, 0.1) is 0 Å². The molecule has 0 aromatic heterocycles. The van der Waals surface area contributed by atoms with E-state index in [0.717, 1.165) is 55.0 Å². The molecule has 0 radical (unpaired) electrons. The fourth-order valence-electron chi connectivity index (χ4n) is 5.25. The first kappa shape index (κ1) is 22.9. The van der Waals surface area contributed by atoms with Crippen LogP contribution < -0.4 is 0 Å². The van der Waals surface area contributed by atoms with Gasteiger partial charge >= 0.3 is 0 Å². The number of benzene rings is 2. The quantitative estimate of drug-likeness (QED) is 0.480. The first-order chi connectivity index (χ1) is 16.7. The molecular weight excluding hydrogens is 418 g/mol. The van der Waals surface area contributed by atoms with Gasteiger partial charge in [-0.1, -0.05) is 60.7 Å². The van der Waals surface area contributed by atoms with Crippen LogP contribution in [0.2, 0.25) is 0 Å². The minimum Gasteiger partial charge on any atom is -0.508 e. The number of hydrogen-bond donors (Lipinski definition) is 2. The van der Waals surface area contributed by atoms with E-state index in [4.69, 9.17) is 0 Å². The summed E-state index contributed by atoms with van der Waals surface area (Å²) in [5, 5.41) is 19.9. The van der Waals surface area contributed by atoms with Crippen molar-refractivity contribution in [3.05, 3.63) is 101 Å². The van der Waals surface area contributed by atoms with Gasteiger partial charge in [-0.3, -0.25) is 4.90 Å². The van der Waals surface area contributed by atoms with E-state index < -0.39 is 0 Å². The van der Waals surface area contributed by atoms with E-state index in [1.54, 1.807) is 6.07 Å². The van der Waals surface area contributed by atoms with Gasteiger partial charge in [-0.15, -0.1) is 0 Å². The van der Waals surface area contributed by atoms with E-state index in [-0.39, 0.29) is 12.4 Å². The maximum Gasteiger partial charge on any atom is 0.116 e. The zero-order chi connectivity index (χ0) is 23.3. The van der Waals surface area contributed by atoms with Gasteiger partial charge in [0.1, 0.15) is 5.75 Å². The molecular formula is C31H35NO2. The normalized spacial score (nSPS) is 19.4. The van der Waals surface area contributed by atoms with Crippen LogP contribution in [0.1, 0.15) is 61.6 Å². The molecule has 3 aliphatic rings. The molecule has 2 aliphatic carbocycles. The molecule has 0 unspecified atom stereocenters. The van der Waals surface area contributed by atoms with Gasteiger partial charge in [0.2, 0.25) is 0 Å². The summed E-state index contributed by atoms with van der Waals surface area (Å²) in [6, 6.07) is 17.4. The van der Waals surface area contributed by atoms with Crippen molar-refractivity contribution in [3.8, 4) is 5.75 Å². The van der Waals surface area contributed by atoms with Gasteiger partial charge in [-0.2, -0.15) is 0 Å². The minimum absolute atomic E-state index is 0.165. The van der Waals surface area contributed by atoms with Gasteiger partial charge in [0.05, 0.1) is 0 Å². The van der Waals surface area contributed by atoms with Gasteiger partial charge < -0.3 is 10.2 Å². The Hall–Kier alpha value is -2.88. The average Bonchev–Trinajstić information content (AvgIpc) is 3.73. The van der Waals surface area contributed by atoms with Gasteiger partial charge in [0.25, 0.3) is 0 Å². The highest BCUT2D eigenvalue weighted by molar-refractivity contribution is 5.86. The molecule has 1 aliphatic heterocycles. The topological polar surface area (TPSA) is 43.7 Å². The van der Waals surface area contributed by atoms with Crippen LogP contribution in [0.25, 0.3) is 11.1 Å². The Morgan fingerprint density at radius 2 is 1.82 bits per heavy atom. The molecule has 5 rings (SSSR count). The fourth-order valence-corrected chi connectivity index (χ4v) is 5.25. The lowest BCUT2D eigenvalue weighted by Crippen LogP contribution is -2.30. The molecule has 2 aromatic rings. The number of phenolic OH excluding ortho intramolecular Hbond substituents is 1. The molecule has 0 atom stereocenters. The van der Waals surface area contributed by atoms with Gasteiger partial charge in [0.15, 0.2) is 0 Å². The van der Waals surface area contributed by atoms with Crippen molar-refractivity contribution in [2.45, 2.75) is 51.0 Å². The maximum absolute atomic E-state index is 10.3. The molecule has 34 heavy (non-hydrogen) atoms. The standard InChI is InChI=1S/C31H35NO2/c33-21-5-10-30(25-6-2-1-3-7-25)31(27-8-4-9-29(34)22-27)26-13-11-23(12-14-26)24-17-19-32(20-18-24)28-15-16-28/h2,4,6-9,11-14,17,22,28,33-34H,1,3,5,10,15-16,18-21H2/b31-30+. The predicted molar refractivity (Wildman–Crippen MR) is 141 cm³/mol. The molecule has 2 N–H and O–H groups in total. The Labute approximate surface area is 203 Å². The Morgan fingerprint density at radius 3 is 2.47 bits per heavy atom. The highest BCUT2D eigenvalue weighted by atomic mass is 16.3. The van der Waals surface area contributed by atoms with Crippen LogP contribution in [0.15, 0.2) is 84.0 Å². The van der Waals surface area contributed by atoms with Crippen molar-refractivity contribution in [2.24, 2.45) is 0 Å². The van der Waals surface area contributed by atoms with Gasteiger partial charge in [-0.25, -0.2) is 0 Å². The zero-order valence-corrected chi connectivity index (χ0v) is 19.9. The summed E-state index contributed by atoms with van der Waals surface area (Å²) in [7, 11) is 0. The predicted octanol–water partition coefficient (Wildman–Crippen LogP) is 6.49. The number of rotatable bonds is 8. The number of phenols is 1. The summed E-state index contributed by atoms with van der Waals surface area (Å²) in [6.07, 6.45) is 16.6. The van der Waals surface area contributed by atoms with E-state index in [0.29, 0.717) is 6.42 Å². The number of hydrogen-bond acceptors (Lipinski definition) is 3. The number of nitrogens with zero attached hydrogens (tertiary/aromatic N) is 1. The van der Waals surface area contributed by atoms with Crippen LogP contribution >= 0.6 is 0 Å². The van der Waals surface area contributed by atoms with Crippen LogP contribution in [0.3, 0.4) is 0 Å². The van der Waals surface area contributed by atoms with Crippen LogP contribution in [-0.4, -0.2) is 40.9 Å². The monoisotopic (exact) mass is 453 g/mol. The Balaban J connectivity index is 1.53. The SMILES string of the molecule is OCCC/C(C1=CCCC=C1)=C(/c1ccc(C2=CCN(C3CC3)CC2)cc1)c1cccc(O)c1. The van der Waals surface area contributed by atoms with Crippen molar-refractivity contribution in [1.29, 1.82) is 0 Å². The number of aliphatic hydroxyl groups is 1. The molecule has 0 amide bonds. The van der Waals surface area contributed by atoms with Crippen molar-refractivity contribution in [3.63, 3.8) is 0 Å². The number of allylic oxidation sites excluding steroid dienone is 5.